The average molecular weight is 484 g/mol. The molecule has 4 heterocycles. The lowest BCUT2D eigenvalue weighted by Gasteiger charge is -2.38. The molecule has 0 spiro atoms. The van der Waals surface area contributed by atoms with Crippen LogP contribution in [0.15, 0.2) is 12.4 Å². The van der Waals surface area contributed by atoms with Crippen LogP contribution in [0.4, 0.5) is 5.13 Å². The zero-order valence-corrected chi connectivity index (χ0v) is 18.9. The zero-order chi connectivity index (χ0) is 22.3. The Bertz CT molecular complexity index is 1140. The molecule has 31 heavy (non-hydrogen) atoms. The first kappa shape index (κ1) is 21.6. The van der Waals surface area contributed by atoms with Gasteiger partial charge in [0.05, 0.1) is 34.0 Å². The highest BCUT2D eigenvalue weighted by atomic mass is 35.5. The summed E-state index contributed by atoms with van der Waals surface area (Å²) in [7, 11) is 0. The number of carbonyl (C=O) groups is 2. The second kappa shape index (κ2) is 8.48. The minimum Gasteiger partial charge on any atom is -0.477 e. The van der Waals surface area contributed by atoms with E-state index in [9.17, 15) is 14.7 Å². The molecule has 2 atom stereocenters. The summed E-state index contributed by atoms with van der Waals surface area (Å²) >= 11 is 13.4. The van der Waals surface area contributed by atoms with Crippen LogP contribution in [0.25, 0.3) is 0 Å². The maximum absolute atomic E-state index is 12.9. The predicted molar refractivity (Wildman–Crippen MR) is 117 cm³/mol. The fourth-order valence-corrected chi connectivity index (χ4v) is 4.75. The number of thiazole rings is 1. The Morgan fingerprint density at radius 3 is 2.68 bits per heavy atom. The van der Waals surface area contributed by atoms with Crippen LogP contribution < -0.4 is 10.2 Å². The molecule has 1 fully saturated rings. The normalized spacial score (nSPS) is 18.9. The lowest BCUT2D eigenvalue weighted by Crippen LogP contribution is -2.52. The molecule has 3 aromatic rings. The number of aromatic nitrogens is 5. The topological polar surface area (TPSA) is 129 Å². The Balaban J connectivity index is 1.57. The number of aromatic carboxylic acids is 1. The maximum Gasteiger partial charge on any atom is 0.347 e. The van der Waals surface area contributed by atoms with E-state index in [1.165, 1.54) is 6.20 Å². The fraction of sp³-hybridized carbons (Fsp3) is 0.389. The number of nitrogens with one attached hydrogen (secondary N) is 2. The Morgan fingerprint density at radius 2 is 2.10 bits per heavy atom. The van der Waals surface area contributed by atoms with Gasteiger partial charge in [-0.2, -0.15) is 0 Å². The molecule has 1 aliphatic heterocycles. The first-order chi connectivity index (χ1) is 14.7. The summed E-state index contributed by atoms with van der Waals surface area (Å²) < 4.78 is 1.71. The summed E-state index contributed by atoms with van der Waals surface area (Å²) in [5.41, 5.74) is 1.58. The van der Waals surface area contributed by atoms with Crippen LogP contribution in [-0.2, 0) is 0 Å². The van der Waals surface area contributed by atoms with E-state index in [1.807, 2.05) is 11.8 Å². The number of rotatable bonds is 5. The quantitative estimate of drug-likeness (QED) is 0.508. The van der Waals surface area contributed by atoms with Crippen LogP contribution in [0, 0.1) is 13.8 Å². The standard InChI is InChI=1S/C18H19Cl2N7O3S/c1-8-6-27(25-24-8)11-7-26(18-21-5-12(31-18)17(29)30)4-3-10(11)23-16(28)15-14(20)13(19)9(2)22-15/h5-6,10-11,22H,3-4,7H2,1-2H3,(H,23,28)(H,29,30)/t10-,11+/m0/s1. The van der Waals surface area contributed by atoms with Gasteiger partial charge in [-0.1, -0.05) is 39.8 Å². The molecule has 4 rings (SSSR count). The van der Waals surface area contributed by atoms with E-state index in [-0.39, 0.29) is 33.6 Å². The van der Waals surface area contributed by atoms with Gasteiger partial charge in [0.2, 0.25) is 0 Å². The van der Waals surface area contributed by atoms with Crippen LogP contribution in [0.3, 0.4) is 0 Å². The van der Waals surface area contributed by atoms with Crippen molar-refractivity contribution < 1.29 is 14.7 Å². The van der Waals surface area contributed by atoms with Gasteiger partial charge in [0.25, 0.3) is 5.91 Å². The van der Waals surface area contributed by atoms with Gasteiger partial charge in [0.1, 0.15) is 10.6 Å². The number of halogens is 2. The van der Waals surface area contributed by atoms with Crippen molar-refractivity contribution in [3.8, 4) is 0 Å². The number of hydrogen-bond donors (Lipinski definition) is 3. The highest BCUT2D eigenvalue weighted by molar-refractivity contribution is 7.17. The van der Waals surface area contributed by atoms with Gasteiger partial charge >= 0.3 is 5.97 Å². The van der Waals surface area contributed by atoms with Crippen LogP contribution in [0.5, 0.6) is 0 Å². The summed E-state index contributed by atoms with van der Waals surface area (Å²) in [5, 5.41) is 21.6. The number of aryl methyl sites for hydroxylation is 2. The molecular weight excluding hydrogens is 465 g/mol. The smallest absolute Gasteiger partial charge is 0.347 e. The van der Waals surface area contributed by atoms with Crippen molar-refractivity contribution in [2.45, 2.75) is 32.4 Å². The van der Waals surface area contributed by atoms with Crippen LogP contribution in [0.1, 0.15) is 44.0 Å². The van der Waals surface area contributed by atoms with E-state index in [4.69, 9.17) is 23.2 Å². The highest BCUT2D eigenvalue weighted by Gasteiger charge is 2.34. The van der Waals surface area contributed by atoms with Crippen molar-refractivity contribution in [3.05, 3.63) is 44.4 Å². The zero-order valence-electron chi connectivity index (χ0n) is 16.6. The van der Waals surface area contributed by atoms with Crippen molar-refractivity contribution in [2.24, 2.45) is 0 Å². The Labute approximate surface area is 191 Å². The molecule has 1 aliphatic rings. The molecular formula is C18H19Cl2N7O3S. The molecule has 10 nitrogen and oxygen atoms in total. The van der Waals surface area contributed by atoms with Crippen molar-refractivity contribution >= 4 is 51.5 Å². The minimum atomic E-state index is -1.01. The Morgan fingerprint density at radius 1 is 1.32 bits per heavy atom. The molecule has 3 N–H and O–H groups in total. The number of carbonyl (C=O) groups excluding carboxylic acids is 1. The third kappa shape index (κ3) is 4.25. The van der Waals surface area contributed by atoms with Crippen molar-refractivity contribution in [2.75, 3.05) is 18.0 Å². The molecule has 13 heteroatoms. The van der Waals surface area contributed by atoms with E-state index in [1.54, 1.807) is 17.8 Å². The molecule has 0 radical (unpaired) electrons. The number of carboxylic acid groups (broad SMARTS) is 1. The van der Waals surface area contributed by atoms with Gasteiger partial charge in [0, 0.05) is 25.0 Å². The number of nitrogens with zero attached hydrogens (tertiary/aromatic N) is 5. The van der Waals surface area contributed by atoms with Crippen LogP contribution in [-0.4, -0.2) is 61.1 Å². The van der Waals surface area contributed by atoms with Gasteiger partial charge in [0.15, 0.2) is 5.13 Å². The third-order valence-corrected chi connectivity index (χ3v) is 7.11. The number of aromatic amines is 1. The van der Waals surface area contributed by atoms with E-state index < -0.39 is 5.97 Å². The van der Waals surface area contributed by atoms with E-state index >= 15 is 0 Å². The summed E-state index contributed by atoms with van der Waals surface area (Å²) in [4.78, 5) is 33.4. The molecule has 3 aromatic heterocycles. The van der Waals surface area contributed by atoms with Crippen molar-refractivity contribution in [1.82, 2.24) is 30.3 Å². The SMILES string of the molecule is Cc1cn([C@@H]2CN(c3ncc(C(=O)O)s3)CC[C@@H]2NC(=O)c2[nH]c(C)c(Cl)c2Cl)nn1. The number of carboxylic acids is 1. The maximum atomic E-state index is 12.9. The monoisotopic (exact) mass is 483 g/mol. The average Bonchev–Trinajstić information content (AvgIpc) is 3.45. The van der Waals surface area contributed by atoms with E-state index in [2.05, 4.69) is 25.6 Å². The highest BCUT2D eigenvalue weighted by Crippen LogP contribution is 2.32. The Hall–Kier alpha value is -2.63. The lowest BCUT2D eigenvalue weighted by molar-refractivity contribution is 0.0701. The third-order valence-electron chi connectivity index (χ3n) is 5.12. The summed E-state index contributed by atoms with van der Waals surface area (Å²) in [6, 6.07) is -0.511. The molecule has 0 saturated carbocycles. The number of hydrogen-bond acceptors (Lipinski definition) is 7. The van der Waals surface area contributed by atoms with Gasteiger partial charge in [-0.15, -0.1) is 5.10 Å². The number of anilines is 1. The van der Waals surface area contributed by atoms with Gasteiger partial charge < -0.3 is 20.3 Å². The van der Waals surface area contributed by atoms with Gasteiger partial charge in [-0.05, 0) is 20.3 Å². The lowest BCUT2D eigenvalue weighted by atomic mass is 9.99. The minimum absolute atomic E-state index is 0.173. The Kier molecular flexibility index (Phi) is 5.91. The molecule has 1 saturated heterocycles. The van der Waals surface area contributed by atoms with Crippen LogP contribution >= 0.6 is 34.5 Å². The van der Waals surface area contributed by atoms with Gasteiger partial charge in [-0.3, -0.25) is 4.79 Å². The number of H-pyrrole nitrogens is 1. The molecule has 164 valence electrons. The second-order valence-corrected chi connectivity index (χ2v) is 9.05. The second-order valence-electron chi connectivity index (χ2n) is 7.29. The molecule has 0 aliphatic carbocycles. The molecule has 1 amide bonds. The summed E-state index contributed by atoms with van der Waals surface area (Å²) in [6.07, 6.45) is 3.74. The summed E-state index contributed by atoms with van der Waals surface area (Å²) in [6.45, 7) is 4.63. The van der Waals surface area contributed by atoms with Crippen molar-refractivity contribution in [1.29, 1.82) is 0 Å². The van der Waals surface area contributed by atoms with Gasteiger partial charge in [-0.25, -0.2) is 14.5 Å². The van der Waals surface area contributed by atoms with E-state index in [0.717, 1.165) is 17.0 Å². The van der Waals surface area contributed by atoms with Crippen molar-refractivity contribution in [3.63, 3.8) is 0 Å². The van der Waals surface area contributed by atoms with Crippen LogP contribution in [0.2, 0.25) is 10.0 Å². The molecule has 0 unspecified atom stereocenters. The molecule has 0 aromatic carbocycles. The number of piperidine rings is 1. The first-order valence-corrected chi connectivity index (χ1v) is 11.0. The number of amides is 1. The largest absolute Gasteiger partial charge is 0.477 e. The van der Waals surface area contributed by atoms with E-state index in [0.29, 0.717) is 35.4 Å². The fourth-order valence-electron chi connectivity index (χ4n) is 3.55. The summed E-state index contributed by atoms with van der Waals surface area (Å²) in [5.74, 6) is -1.37. The predicted octanol–water partition coefficient (Wildman–Crippen LogP) is 2.93. The molecule has 0 bridgehead atoms. The first-order valence-electron chi connectivity index (χ1n) is 9.41.